The Balaban J connectivity index is 2.07. The maximum Gasteiger partial charge on any atom is 0.200 e. The molecule has 2 unspecified atom stereocenters. The summed E-state index contributed by atoms with van der Waals surface area (Å²) in [7, 11) is 0. The lowest BCUT2D eigenvalue weighted by Gasteiger charge is -2.37. The van der Waals surface area contributed by atoms with Crippen LogP contribution >= 0.6 is 0 Å². The quantitative estimate of drug-likeness (QED) is 0.551. The number of carbonyl (C=O) groups is 2. The third-order valence-corrected chi connectivity index (χ3v) is 5.64. The highest BCUT2D eigenvalue weighted by Gasteiger charge is 2.69. The zero-order chi connectivity index (χ0) is 21.6. The Labute approximate surface area is 168 Å². The van der Waals surface area contributed by atoms with E-state index < -0.39 is 41.3 Å². The first-order valence-corrected chi connectivity index (χ1v) is 9.20. The maximum absolute atomic E-state index is 13.3. The smallest absolute Gasteiger partial charge is 0.200 e. The van der Waals surface area contributed by atoms with E-state index in [0.717, 1.165) is 6.92 Å². The van der Waals surface area contributed by atoms with Gasteiger partial charge in [0.15, 0.2) is 23.3 Å². The molecule has 0 aliphatic carbocycles. The van der Waals surface area contributed by atoms with E-state index in [2.05, 4.69) is 0 Å². The minimum atomic E-state index is -2.77. The van der Waals surface area contributed by atoms with E-state index in [9.17, 15) is 30.0 Å². The second-order valence-corrected chi connectivity index (χ2v) is 7.59. The van der Waals surface area contributed by atoms with E-state index in [0.29, 0.717) is 11.1 Å². The lowest BCUT2D eigenvalue weighted by atomic mass is 9.73. The lowest BCUT2D eigenvalue weighted by Crippen LogP contribution is -2.65. The standard InChI is InChI=1S/C22H24O7/c1-12-8-4-6-10-14(12)16(23)17(24)19-22(28,21(3,27)20(26)29-19)18(25)15-11-7-5-9-13(15)2/h4-11,17,19-20,24,26-28H,1-3H3/t17?,19-,20?,21+,22-/m1/s1. The minimum absolute atomic E-state index is 0.0773. The average molecular weight is 400 g/mol. The number of carbonyl (C=O) groups excluding carboxylic acids is 2. The average Bonchev–Trinajstić information content (AvgIpc) is 2.88. The Bertz CT molecular complexity index is 952. The van der Waals surface area contributed by atoms with Crippen molar-refractivity contribution in [3.8, 4) is 0 Å². The van der Waals surface area contributed by atoms with Gasteiger partial charge in [-0.2, -0.15) is 0 Å². The summed E-state index contributed by atoms with van der Waals surface area (Å²) in [6, 6.07) is 12.9. The Hall–Kier alpha value is -2.42. The van der Waals surface area contributed by atoms with Crippen LogP contribution in [-0.4, -0.2) is 61.7 Å². The molecule has 2 aromatic rings. The van der Waals surface area contributed by atoms with Crippen molar-refractivity contribution in [1.82, 2.24) is 0 Å². The van der Waals surface area contributed by atoms with Crippen LogP contribution in [0.4, 0.5) is 0 Å². The van der Waals surface area contributed by atoms with Crippen molar-refractivity contribution in [1.29, 1.82) is 0 Å². The van der Waals surface area contributed by atoms with E-state index in [1.165, 1.54) is 12.1 Å². The fourth-order valence-corrected chi connectivity index (χ4v) is 3.69. The van der Waals surface area contributed by atoms with E-state index in [4.69, 9.17) is 4.74 Å². The summed E-state index contributed by atoms with van der Waals surface area (Å²) in [5.74, 6) is -1.76. The van der Waals surface area contributed by atoms with Gasteiger partial charge in [0.2, 0.25) is 5.78 Å². The normalized spacial score (nSPS) is 30.2. The van der Waals surface area contributed by atoms with Crippen LogP contribution in [0.5, 0.6) is 0 Å². The molecule has 5 atom stereocenters. The summed E-state index contributed by atoms with van der Waals surface area (Å²) < 4.78 is 5.18. The van der Waals surface area contributed by atoms with Crippen LogP contribution in [0.3, 0.4) is 0 Å². The predicted molar refractivity (Wildman–Crippen MR) is 103 cm³/mol. The first-order valence-electron chi connectivity index (χ1n) is 9.20. The van der Waals surface area contributed by atoms with Crippen molar-refractivity contribution in [2.75, 3.05) is 0 Å². The van der Waals surface area contributed by atoms with Crippen molar-refractivity contribution in [3.63, 3.8) is 0 Å². The van der Waals surface area contributed by atoms with Gasteiger partial charge in [0.05, 0.1) is 0 Å². The van der Waals surface area contributed by atoms with Crippen LogP contribution in [0.2, 0.25) is 0 Å². The molecule has 0 amide bonds. The Morgan fingerprint density at radius 2 is 1.45 bits per heavy atom. The van der Waals surface area contributed by atoms with Crippen molar-refractivity contribution >= 4 is 11.6 Å². The third-order valence-electron chi connectivity index (χ3n) is 5.64. The zero-order valence-corrected chi connectivity index (χ0v) is 16.4. The van der Waals surface area contributed by atoms with Crippen molar-refractivity contribution < 1.29 is 34.8 Å². The van der Waals surface area contributed by atoms with Crippen LogP contribution < -0.4 is 0 Å². The molecule has 2 aromatic carbocycles. The Kier molecular flexibility index (Phi) is 5.46. The van der Waals surface area contributed by atoms with E-state index in [-0.39, 0.29) is 11.1 Å². The largest absolute Gasteiger partial charge is 0.382 e. The molecule has 0 saturated carbocycles. The van der Waals surface area contributed by atoms with Crippen molar-refractivity contribution in [2.45, 2.75) is 50.5 Å². The molecule has 29 heavy (non-hydrogen) atoms. The molecule has 7 nitrogen and oxygen atoms in total. The summed E-state index contributed by atoms with van der Waals surface area (Å²) in [4.78, 5) is 26.1. The minimum Gasteiger partial charge on any atom is -0.382 e. The van der Waals surface area contributed by atoms with Crippen molar-refractivity contribution in [3.05, 3.63) is 70.8 Å². The molecule has 3 rings (SSSR count). The van der Waals surface area contributed by atoms with Gasteiger partial charge in [-0.25, -0.2) is 0 Å². The number of Topliss-reactive ketones (excluding diaryl/α,β-unsaturated/α-hetero) is 2. The van der Waals surface area contributed by atoms with Gasteiger partial charge in [-0.15, -0.1) is 0 Å². The molecule has 7 heteroatoms. The number of ether oxygens (including phenoxy) is 1. The van der Waals surface area contributed by atoms with E-state index in [1.54, 1.807) is 50.2 Å². The van der Waals surface area contributed by atoms with Gasteiger partial charge in [0.25, 0.3) is 0 Å². The van der Waals surface area contributed by atoms with Crippen LogP contribution in [0, 0.1) is 13.8 Å². The number of rotatable bonds is 5. The Morgan fingerprint density at radius 1 is 0.966 bits per heavy atom. The van der Waals surface area contributed by atoms with E-state index in [1.807, 2.05) is 0 Å². The zero-order valence-electron chi connectivity index (χ0n) is 16.4. The number of aliphatic hydroxyl groups is 4. The van der Waals surface area contributed by atoms with Crippen LogP contribution in [0.25, 0.3) is 0 Å². The Morgan fingerprint density at radius 3 is 1.97 bits per heavy atom. The number of hydrogen-bond donors (Lipinski definition) is 4. The first kappa shape index (κ1) is 21.3. The highest BCUT2D eigenvalue weighted by molar-refractivity contribution is 6.07. The van der Waals surface area contributed by atoms with Gasteiger partial charge in [-0.05, 0) is 31.9 Å². The summed E-state index contributed by atoms with van der Waals surface area (Å²) >= 11 is 0. The fourth-order valence-electron chi connectivity index (χ4n) is 3.69. The topological polar surface area (TPSA) is 124 Å². The van der Waals surface area contributed by atoms with Gasteiger partial charge in [0, 0.05) is 11.1 Å². The van der Waals surface area contributed by atoms with Crippen LogP contribution in [0.1, 0.15) is 38.8 Å². The third kappa shape index (κ3) is 3.21. The molecule has 1 aliphatic heterocycles. The number of benzene rings is 2. The molecule has 0 radical (unpaired) electrons. The number of hydrogen-bond acceptors (Lipinski definition) is 7. The summed E-state index contributed by atoms with van der Waals surface area (Å²) in [5, 5.41) is 43.0. The molecular weight excluding hydrogens is 376 g/mol. The second-order valence-electron chi connectivity index (χ2n) is 7.59. The van der Waals surface area contributed by atoms with Crippen molar-refractivity contribution in [2.24, 2.45) is 0 Å². The number of aryl methyl sites for hydroxylation is 2. The fraction of sp³-hybridized carbons (Fsp3) is 0.364. The molecule has 0 spiro atoms. The molecular formula is C22H24O7. The van der Waals surface area contributed by atoms with Crippen LogP contribution in [-0.2, 0) is 4.74 Å². The molecule has 1 fully saturated rings. The summed E-state index contributed by atoms with van der Waals surface area (Å²) in [5.41, 5.74) is -3.89. The SMILES string of the molecule is Cc1ccccc1C(=O)C(O)[C@H]1OC(O)[C@](C)(O)[C@@]1(O)C(=O)c1ccccc1C. The summed E-state index contributed by atoms with van der Waals surface area (Å²) in [6.45, 7) is 4.34. The van der Waals surface area contributed by atoms with Gasteiger partial charge < -0.3 is 25.2 Å². The summed E-state index contributed by atoms with van der Waals surface area (Å²) in [6.07, 6.45) is -5.88. The number of aliphatic hydroxyl groups excluding tert-OH is 2. The second kappa shape index (κ2) is 7.44. The van der Waals surface area contributed by atoms with Gasteiger partial charge in [-0.3, -0.25) is 9.59 Å². The molecule has 1 heterocycles. The molecule has 0 aromatic heterocycles. The lowest BCUT2D eigenvalue weighted by molar-refractivity contribution is -0.176. The predicted octanol–water partition coefficient (Wildman–Crippen LogP) is 0.929. The highest BCUT2D eigenvalue weighted by atomic mass is 16.7. The van der Waals surface area contributed by atoms with Gasteiger partial charge in [0.1, 0.15) is 12.2 Å². The monoisotopic (exact) mass is 400 g/mol. The highest BCUT2D eigenvalue weighted by Crippen LogP contribution is 2.43. The molecule has 0 bridgehead atoms. The van der Waals surface area contributed by atoms with Crippen LogP contribution in [0.15, 0.2) is 48.5 Å². The van der Waals surface area contributed by atoms with Gasteiger partial charge in [-0.1, -0.05) is 48.5 Å². The van der Waals surface area contributed by atoms with E-state index >= 15 is 0 Å². The first-order chi connectivity index (χ1) is 13.5. The maximum atomic E-state index is 13.3. The molecule has 154 valence electrons. The van der Waals surface area contributed by atoms with Gasteiger partial charge >= 0.3 is 0 Å². The molecule has 4 N–H and O–H groups in total. The number of ketones is 2. The molecule has 1 aliphatic rings. The molecule has 1 saturated heterocycles.